The minimum atomic E-state index is 1.23. The van der Waals surface area contributed by atoms with Gasteiger partial charge in [-0.1, -0.05) is 140 Å². The Bertz CT molecular complexity index is 3090. The number of hydrogen-bond donors (Lipinski definition) is 0. The largest absolute Gasteiger partial charge is 0.309 e. The second-order valence-electron chi connectivity index (χ2n) is 14.1. The molecule has 0 aliphatic rings. The molecule has 0 bridgehead atoms. The first-order valence-electron chi connectivity index (χ1n) is 17.9. The van der Waals surface area contributed by atoms with Crippen molar-refractivity contribution in [2.45, 2.75) is 13.8 Å². The summed E-state index contributed by atoms with van der Waals surface area (Å²) >= 11 is 0. The summed E-state index contributed by atoms with van der Waals surface area (Å²) in [6.07, 6.45) is 0. The Morgan fingerprint density at radius 1 is 0.333 bits per heavy atom. The molecule has 0 spiro atoms. The van der Waals surface area contributed by atoms with Gasteiger partial charge in [0.15, 0.2) is 0 Å². The van der Waals surface area contributed by atoms with E-state index in [0.29, 0.717) is 0 Å². The molecule has 0 saturated heterocycles. The van der Waals surface area contributed by atoms with Crippen LogP contribution in [0, 0.1) is 13.8 Å². The van der Waals surface area contributed by atoms with Crippen molar-refractivity contribution in [2.24, 2.45) is 0 Å². The van der Waals surface area contributed by atoms with Gasteiger partial charge >= 0.3 is 0 Å². The van der Waals surface area contributed by atoms with E-state index in [2.05, 4.69) is 182 Å². The van der Waals surface area contributed by atoms with Gasteiger partial charge in [-0.05, 0) is 125 Å². The van der Waals surface area contributed by atoms with Gasteiger partial charge in [-0.25, -0.2) is 0 Å². The van der Waals surface area contributed by atoms with Crippen molar-refractivity contribution in [2.75, 3.05) is 0 Å². The van der Waals surface area contributed by atoms with Gasteiger partial charge in [-0.15, -0.1) is 0 Å². The van der Waals surface area contributed by atoms with Gasteiger partial charge in [-0.2, -0.15) is 0 Å². The number of hydrogen-bond acceptors (Lipinski definition) is 0. The number of aromatic nitrogens is 1. The van der Waals surface area contributed by atoms with Crippen molar-refractivity contribution < 1.29 is 0 Å². The number of benzene rings is 10. The molecular formula is C50H33N. The van der Waals surface area contributed by atoms with Gasteiger partial charge in [0.25, 0.3) is 0 Å². The van der Waals surface area contributed by atoms with Crippen LogP contribution < -0.4 is 0 Å². The van der Waals surface area contributed by atoms with Crippen molar-refractivity contribution in [3.05, 3.63) is 175 Å². The summed E-state index contributed by atoms with van der Waals surface area (Å²) < 4.78 is 2.45. The maximum Gasteiger partial charge on any atom is 0.0541 e. The van der Waals surface area contributed by atoms with Crippen LogP contribution in [0.25, 0.3) is 104 Å². The smallest absolute Gasteiger partial charge is 0.0541 e. The molecule has 0 saturated carbocycles. The molecule has 0 aliphatic carbocycles. The van der Waals surface area contributed by atoms with Crippen molar-refractivity contribution in [1.29, 1.82) is 0 Å². The second kappa shape index (κ2) is 10.5. The molecule has 0 atom stereocenters. The maximum atomic E-state index is 2.45. The summed E-state index contributed by atoms with van der Waals surface area (Å²) in [5.41, 5.74) is 11.4. The Labute approximate surface area is 296 Å². The second-order valence-corrected chi connectivity index (χ2v) is 14.1. The Balaban J connectivity index is 1.20. The quantitative estimate of drug-likeness (QED) is 0.133. The minimum absolute atomic E-state index is 1.23. The molecule has 238 valence electrons. The van der Waals surface area contributed by atoms with Crippen LogP contribution in [0.4, 0.5) is 0 Å². The van der Waals surface area contributed by atoms with Crippen LogP contribution in [0.3, 0.4) is 0 Å². The molecule has 1 heterocycles. The van der Waals surface area contributed by atoms with E-state index in [1.54, 1.807) is 0 Å². The fourth-order valence-electron chi connectivity index (χ4n) is 9.16. The lowest BCUT2D eigenvalue weighted by molar-refractivity contribution is 1.14. The standard InChI is InChI=1S/C50H33N/c1-30-29-46(51-44-20-9-7-14-35(44)36-15-8-10-21-45(36)51)31(2)28-43(30)50-39-18-5-3-16-37(39)49(38-17-4-6-19-40(38)50)42-27-25-34-23-22-32-12-11-13-33-24-26-41(42)48(34)47(32)33/h3-29H,1-2H3. The van der Waals surface area contributed by atoms with Gasteiger partial charge in [0, 0.05) is 16.5 Å². The van der Waals surface area contributed by atoms with E-state index < -0.39 is 0 Å². The van der Waals surface area contributed by atoms with Gasteiger partial charge in [0.2, 0.25) is 0 Å². The first kappa shape index (κ1) is 28.4. The molecule has 1 heteroatoms. The van der Waals surface area contributed by atoms with Gasteiger partial charge in [0.05, 0.1) is 11.0 Å². The normalized spacial score (nSPS) is 12.1. The predicted molar refractivity (Wildman–Crippen MR) is 220 cm³/mol. The zero-order valence-corrected chi connectivity index (χ0v) is 28.5. The highest BCUT2D eigenvalue weighted by atomic mass is 15.0. The molecular weight excluding hydrogens is 615 g/mol. The Hall–Kier alpha value is -6.44. The fraction of sp³-hybridized carbons (Fsp3) is 0.0400. The van der Waals surface area contributed by atoms with Gasteiger partial charge in [-0.3, -0.25) is 0 Å². The van der Waals surface area contributed by atoms with E-state index in [0.717, 1.165) is 0 Å². The first-order chi connectivity index (χ1) is 25.2. The van der Waals surface area contributed by atoms with Crippen LogP contribution in [0.1, 0.15) is 11.1 Å². The summed E-state index contributed by atoms with van der Waals surface area (Å²) in [6.45, 7) is 4.55. The Morgan fingerprint density at radius 2 is 0.804 bits per heavy atom. The SMILES string of the molecule is Cc1cc(-n2c3ccccc3c3ccccc32)c(C)cc1-c1c2ccccc2c(-c2ccc3ccc4cccc5ccc2c3c45)c2ccccc12. The number of rotatable bonds is 3. The van der Waals surface area contributed by atoms with Crippen LogP contribution in [0.5, 0.6) is 0 Å². The lowest BCUT2D eigenvalue weighted by atomic mass is 9.82. The third kappa shape index (κ3) is 3.92. The zero-order chi connectivity index (χ0) is 33.8. The summed E-state index contributed by atoms with van der Waals surface area (Å²) in [7, 11) is 0. The summed E-state index contributed by atoms with van der Waals surface area (Å²) in [5.74, 6) is 0. The van der Waals surface area contributed by atoms with E-state index in [4.69, 9.17) is 0 Å². The minimum Gasteiger partial charge on any atom is -0.309 e. The molecule has 0 amide bonds. The average molecular weight is 648 g/mol. The molecule has 10 aromatic carbocycles. The fourth-order valence-corrected chi connectivity index (χ4v) is 9.16. The molecule has 0 unspecified atom stereocenters. The average Bonchev–Trinajstić information content (AvgIpc) is 3.51. The lowest BCUT2D eigenvalue weighted by Crippen LogP contribution is -2.00. The van der Waals surface area contributed by atoms with Crippen molar-refractivity contribution in [3.63, 3.8) is 0 Å². The van der Waals surface area contributed by atoms with Crippen LogP contribution in [0.2, 0.25) is 0 Å². The highest BCUT2D eigenvalue weighted by molar-refractivity contribution is 6.29. The highest BCUT2D eigenvalue weighted by Crippen LogP contribution is 2.48. The van der Waals surface area contributed by atoms with Gasteiger partial charge < -0.3 is 4.57 Å². The van der Waals surface area contributed by atoms with E-state index in [9.17, 15) is 0 Å². The van der Waals surface area contributed by atoms with E-state index in [1.165, 1.54) is 115 Å². The molecule has 1 aromatic heterocycles. The van der Waals surface area contributed by atoms with Crippen LogP contribution >= 0.6 is 0 Å². The molecule has 0 radical (unpaired) electrons. The van der Waals surface area contributed by atoms with Crippen molar-refractivity contribution in [3.8, 4) is 27.9 Å². The van der Waals surface area contributed by atoms with E-state index in [1.807, 2.05) is 0 Å². The third-order valence-electron chi connectivity index (χ3n) is 11.4. The van der Waals surface area contributed by atoms with Gasteiger partial charge in [0.1, 0.15) is 0 Å². The van der Waals surface area contributed by atoms with Crippen LogP contribution in [-0.2, 0) is 0 Å². The number of para-hydroxylation sites is 2. The number of nitrogens with zero attached hydrogens (tertiary/aromatic N) is 1. The number of aryl methyl sites for hydroxylation is 2. The zero-order valence-electron chi connectivity index (χ0n) is 28.5. The Morgan fingerprint density at radius 3 is 1.39 bits per heavy atom. The van der Waals surface area contributed by atoms with Crippen molar-refractivity contribution >= 4 is 75.7 Å². The lowest BCUT2D eigenvalue weighted by Gasteiger charge is -2.22. The van der Waals surface area contributed by atoms with Crippen molar-refractivity contribution in [1.82, 2.24) is 4.57 Å². The van der Waals surface area contributed by atoms with E-state index >= 15 is 0 Å². The summed E-state index contributed by atoms with van der Waals surface area (Å²) in [5, 5.41) is 15.6. The molecule has 0 fully saturated rings. The van der Waals surface area contributed by atoms with Crippen LogP contribution in [-0.4, -0.2) is 4.57 Å². The molecule has 11 aromatic rings. The summed E-state index contributed by atoms with van der Waals surface area (Å²) in [6, 6.07) is 61.0. The topological polar surface area (TPSA) is 4.93 Å². The molecule has 1 nitrogen and oxygen atoms in total. The number of fused-ring (bicyclic) bond motifs is 5. The molecule has 11 rings (SSSR count). The summed E-state index contributed by atoms with van der Waals surface area (Å²) in [4.78, 5) is 0. The first-order valence-corrected chi connectivity index (χ1v) is 17.9. The monoisotopic (exact) mass is 647 g/mol. The molecule has 51 heavy (non-hydrogen) atoms. The Kier molecular flexibility index (Phi) is 5.86. The maximum absolute atomic E-state index is 2.45. The third-order valence-corrected chi connectivity index (χ3v) is 11.4. The highest BCUT2D eigenvalue weighted by Gasteiger charge is 2.22. The van der Waals surface area contributed by atoms with E-state index in [-0.39, 0.29) is 0 Å². The predicted octanol–water partition coefficient (Wildman–Crippen LogP) is 13.9. The molecule has 0 N–H and O–H groups in total. The molecule has 0 aliphatic heterocycles. The van der Waals surface area contributed by atoms with Crippen LogP contribution in [0.15, 0.2) is 164 Å².